The number of nitrogens with two attached hydrogens (primary N) is 1. The number of pyridine rings is 1. The van der Waals surface area contributed by atoms with E-state index in [0.29, 0.717) is 22.1 Å². The predicted octanol–water partition coefficient (Wildman–Crippen LogP) is 1.53. The van der Waals surface area contributed by atoms with E-state index in [4.69, 9.17) is 38.8 Å². The quantitative estimate of drug-likeness (QED) is 0.348. The van der Waals surface area contributed by atoms with Gasteiger partial charge in [-0.05, 0) is 30.7 Å². The van der Waals surface area contributed by atoms with Gasteiger partial charge in [-0.1, -0.05) is 23.2 Å². The molecule has 0 spiro atoms. The van der Waals surface area contributed by atoms with E-state index in [2.05, 4.69) is 25.9 Å². The van der Waals surface area contributed by atoms with Gasteiger partial charge in [-0.3, -0.25) is 24.4 Å². The molecule has 34 heavy (non-hydrogen) atoms. The SMILES string of the molecule is CC(=O)O.NC1=NCCCN1.O=C(CNC(=O)c1cccnc1)NCc1cc(Cl)cc(Cl)c1O. The van der Waals surface area contributed by atoms with Crippen molar-refractivity contribution in [3.8, 4) is 5.75 Å². The highest BCUT2D eigenvalue weighted by Crippen LogP contribution is 2.30. The Morgan fingerprint density at radius 1 is 1.24 bits per heavy atom. The number of nitrogens with one attached hydrogen (secondary N) is 3. The fourth-order valence-corrected chi connectivity index (χ4v) is 2.86. The maximum absolute atomic E-state index is 11.8. The fraction of sp³-hybridized carbons (Fsp3) is 0.286. The number of carbonyl (C=O) groups is 3. The lowest BCUT2D eigenvalue weighted by atomic mass is 10.2. The van der Waals surface area contributed by atoms with Crippen LogP contribution in [0.4, 0.5) is 0 Å². The van der Waals surface area contributed by atoms with Gasteiger partial charge in [0, 0.05) is 49.5 Å². The number of halogens is 2. The molecule has 0 fully saturated rings. The predicted molar refractivity (Wildman–Crippen MR) is 129 cm³/mol. The number of hydrogen-bond acceptors (Lipinski definition) is 8. The first-order chi connectivity index (χ1) is 16.1. The highest BCUT2D eigenvalue weighted by Gasteiger charge is 2.11. The zero-order valence-electron chi connectivity index (χ0n) is 18.3. The molecule has 1 aromatic carbocycles. The van der Waals surface area contributed by atoms with Gasteiger partial charge in [-0.25, -0.2) is 0 Å². The van der Waals surface area contributed by atoms with Crippen molar-refractivity contribution in [2.45, 2.75) is 19.9 Å². The molecule has 1 aliphatic heterocycles. The standard InChI is InChI=1S/C15H13Cl2N3O3.C4H9N3.C2H4O2/c16-11-4-10(14(22)12(17)5-11)7-19-13(21)8-20-15(23)9-2-1-3-18-6-9;5-4-6-2-1-3-7-4;1-2(3)4/h1-6,22H,7-8H2,(H,19,21)(H,20,23);1-3H2,(H3,5,6,7);1H3,(H,3,4). The molecular formula is C21H26Cl2N6O5. The van der Waals surface area contributed by atoms with Crippen molar-refractivity contribution in [2.24, 2.45) is 10.7 Å². The minimum absolute atomic E-state index is 0.0354. The highest BCUT2D eigenvalue weighted by atomic mass is 35.5. The van der Waals surface area contributed by atoms with E-state index in [1.165, 1.54) is 18.3 Å². The highest BCUT2D eigenvalue weighted by molar-refractivity contribution is 6.35. The molecule has 0 bridgehead atoms. The van der Waals surface area contributed by atoms with Gasteiger partial charge in [0.25, 0.3) is 11.9 Å². The summed E-state index contributed by atoms with van der Waals surface area (Å²) >= 11 is 11.6. The molecule has 2 aromatic rings. The summed E-state index contributed by atoms with van der Waals surface area (Å²) in [4.78, 5) is 40.2. The summed E-state index contributed by atoms with van der Waals surface area (Å²) in [5, 5.41) is 25.6. The van der Waals surface area contributed by atoms with Crippen LogP contribution in [0.15, 0.2) is 41.7 Å². The number of aromatic nitrogens is 1. The first-order valence-corrected chi connectivity index (χ1v) is 10.7. The van der Waals surface area contributed by atoms with Crippen molar-refractivity contribution in [2.75, 3.05) is 19.6 Å². The lowest BCUT2D eigenvalue weighted by Crippen LogP contribution is -2.36. The molecule has 7 N–H and O–H groups in total. The third-order valence-electron chi connectivity index (χ3n) is 3.84. The number of phenolic OH excluding ortho intramolecular Hbond substituents is 1. The summed E-state index contributed by atoms with van der Waals surface area (Å²) in [7, 11) is 0. The molecule has 2 heterocycles. The van der Waals surface area contributed by atoms with E-state index in [-0.39, 0.29) is 23.9 Å². The zero-order valence-corrected chi connectivity index (χ0v) is 19.9. The number of benzene rings is 1. The van der Waals surface area contributed by atoms with Crippen LogP contribution in [0, 0.1) is 0 Å². The van der Waals surface area contributed by atoms with Gasteiger partial charge in [0.1, 0.15) is 5.75 Å². The van der Waals surface area contributed by atoms with Crippen molar-refractivity contribution < 1.29 is 24.6 Å². The van der Waals surface area contributed by atoms with Crippen molar-refractivity contribution in [3.05, 3.63) is 57.8 Å². The first kappa shape index (κ1) is 28.5. The van der Waals surface area contributed by atoms with E-state index in [1.54, 1.807) is 18.3 Å². The van der Waals surface area contributed by atoms with Crippen molar-refractivity contribution in [1.29, 1.82) is 0 Å². The van der Waals surface area contributed by atoms with Gasteiger partial charge in [-0.15, -0.1) is 0 Å². The Labute approximate surface area is 206 Å². The number of phenols is 1. The second kappa shape index (κ2) is 15.3. The minimum Gasteiger partial charge on any atom is -0.506 e. The number of rotatable bonds is 5. The van der Waals surface area contributed by atoms with Crippen LogP contribution in [-0.4, -0.2) is 58.6 Å². The number of aliphatic carboxylic acids is 1. The van der Waals surface area contributed by atoms with Crippen molar-refractivity contribution in [1.82, 2.24) is 20.9 Å². The number of carboxylic acid groups (broad SMARTS) is 1. The smallest absolute Gasteiger partial charge is 0.300 e. The van der Waals surface area contributed by atoms with E-state index in [0.717, 1.165) is 26.4 Å². The van der Waals surface area contributed by atoms with Crippen LogP contribution < -0.4 is 21.7 Å². The molecular weight excluding hydrogens is 487 g/mol. The molecule has 0 unspecified atom stereocenters. The van der Waals surface area contributed by atoms with E-state index < -0.39 is 17.8 Å². The number of hydrogen-bond donors (Lipinski definition) is 6. The number of carbonyl (C=O) groups excluding carboxylic acids is 2. The monoisotopic (exact) mass is 512 g/mol. The first-order valence-electron chi connectivity index (χ1n) is 9.95. The second-order valence-electron chi connectivity index (χ2n) is 6.66. The summed E-state index contributed by atoms with van der Waals surface area (Å²) in [6.07, 6.45) is 4.06. The molecule has 3 rings (SSSR count). The lowest BCUT2D eigenvalue weighted by molar-refractivity contribution is -0.134. The van der Waals surface area contributed by atoms with Crippen molar-refractivity contribution >= 4 is 46.9 Å². The third-order valence-corrected chi connectivity index (χ3v) is 4.35. The maximum Gasteiger partial charge on any atom is 0.300 e. The Hall–Kier alpha value is -3.57. The van der Waals surface area contributed by atoms with Gasteiger partial charge < -0.3 is 31.9 Å². The van der Waals surface area contributed by atoms with Crippen molar-refractivity contribution in [3.63, 3.8) is 0 Å². The molecule has 2 amide bonds. The minimum atomic E-state index is -0.833. The molecule has 1 aromatic heterocycles. The molecule has 0 saturated carbocycles. The van der Waals surface area contributed by atoms with Gasteiger partial charge >= 0.3 is 0 Å². The van der Waals surface area contributed by atoms with Crippen LogP contribution in [0.3, 0.4) is 0 Å². The summed E-state index contributed by atoms with van der Waals surface area (Å²) in [5.41, 5.74) is 6.02. The molecule has 1 aliphatic rings. The Balaban J connectivity index is 0.000000432. The Morgan fingerprint density at radius 2 is 1.94 bits per heavy atom. The van der Waals surface area contributed by atoms with Gasteiger partial charge in [0.2, 0.25) is 5.91 Å². The molecule has 13 heteroatoms. The molecule has 184 valence electrons. The Morgan fingerprint density at radius 3 is 2.47 bits per heavy atom. The lowest BCUT2D eigenvalue weighted by Gasteiger charge is -2.09. The van der Waals surface area contributed by atoms with E-state index in [9.17, 15) is 14.7 Å². The Kier molecular flexibility index (Phi) is 12.8. The summed E-state index contributed by atoms with van der Waals surface area (Å²) < 4.78 is 0. The van der Waals surface area contributed by atoms with Gasteiger partial charge in [0.05, 0.1) is 17.1 Å². The fourth-order valence-electron chi connectivity index (χ4n) is 2.32. The maximum atomic E-state index is 11.8. The molecule has 0 saturated heterocycles. The molecule has 0 aliphatic carbocycles. The summed E-state index contributed by atoms with van der Waals surface area (Å²) in [5.74, 6) is -1.21. The summed E-state index contributed by atoms with van der Waals surface area (Å²) in [6, 6.07) is 6.11. The second-order valence-corrected chi connectivity index (χ2v) is 7.51. The largest absolute Gasteiger partial charge is 0.506 e. The zero-order chi connectivity index (χ0) is 25.5. The summed E-state index contributed by atoms with van der Waals surface area (Å²) in [6.45, 7) is 2.78. The van der Waals surface area contributed by atoms with Crippen LogP contribution >= 0.6 is 23.2 Å². The average Bonchev–Trinajstić information content (AvgIpc) is 2.80. The number of amides is 2. The third kappa shape index (κ3) is 11.9. The van der Waals surface area contributed by atoms with Crippen LogP contribution in [-0.2, 0) is 16.1 Å². The average molecular weight is 513 g/mol. The van der Waals surface area contributed by atoms with E-state index in [1.807, 2.05) is 0 Å². The van der Waals surface area contributed by atoms with Crippen LogP contribution in [0.2, 0.25) is 10.0 Å². The number of guanidine groups is 1. The number of nitrogens with zero attached hydrogens (tertiary/aromatic N) is 2. The normalized spacial score (nSPS) is 11.8. The number of aromatic hydroxyl groups is 1. The van der Waals surface area contributed by atoms with Crippen LogP contribution in [0.5, 0.6) is 5.75 Å². The molecule has 0 atom stereocenters. The van der Waals surface area contributed by atoms with Gasteiger partial charge in [-0.2, -0.15) is 0 Å². The van der Waals surface area contributed by atoms with Crippen LogP contribution in [0.1, 0.15) is 29.3 Å². The van der Waals surface area contributed by atoms with E-state index >= 15 is 0 Å². The number of carboxylic acids is 1. The van der Waals surface area contributed by atoms with Crippen LogP contribution in [0.25, 0.3) is 0 Å². The Bertz CT molecular complexity index is 1000. The number of aliphatic imine (C=N–C) groups is 1. The topological polar surface area (TPSA) is 179 Å². The molecule has 11 nitrogen and oxygen atoms in total. The molecule has 0 radical (unpaired) electrons. The van der Waals surface area contributed by atoms with Gasteiger partial charge in [0.15, 0.2) is 5.96 Å².